The summed E-state index contributed by atoms with van der Waals surface area (Å²) in [5.41, 5.74) is 1.37. The predicted octanol–water partition coefficient (Wildman–Crippen LogP) is 2.93. The Kier molecular flexibility index (Phi) is 5.55. The summed E-state index contributed by atoms with van der Waals surface area (Å²) in [7, 11) is 0. The highest BCUT2D eigenvalue weighted by Crippen LogP contribution is 2.20. The fourth-order valence-corrected chi connectivity index (χ4v) is 3.02. The minimum absolute atomic E-state index is 0.611. The first-order valence-corrected chi connectivity index (χ1v) is 7.92. The Bertz CT molecular complexity index is 388. The second kappa shape index (κ2) is 7.19. The lowest BCUT2D eigenvalue weighted by Crippen LogP contribution is -2.57. The SMILES string of the molecule is CC(C)CC1CNC(C(C)C)CN1Cc1ccncc1. The molecule has 0 spiro atoms. The number of nitrogens with one attached hydrogen (secondary N) is 1. The lowest BCUT2D eigenvalue weighted by atomic mass is 9.94. The highest BCUT2D eigenvalue weighted by Gasteiger charge is 2.29. The first-order chi connectivity index (χ1) is 9.56. The number of pyridine rings is 1. The molecule has 3 heteroatoms. The molecule has 20 heavy (non-hydrogen) atoms. The third-order valence-corrected chi connectivity index (χ3v) is 4.25. The van der Waals surface area contributed by atoms with Gasteiger partial charge < -0.3 is 5.32 Å². The van der Waals surface area contributed by atoms with Gasteiger partial charge in [-0.15, -0.1) is 0 Å². The van der Waals surface area contributed by atoms with Crippen molar-refractivity contribution in [3.8, 4) is 0 Å². The molecule has 1 aromatic heterocycles. The van der Waals surface area contributed by atoms with Crippen molar-refractivity contribution in [2.75, 3.05) is 13.1 Å². The van der Waals surface area contributed by atoms with Gasteiger partial charge in [0.1, 0.15) is 0 Å². The van der Waals surface area contributed by atoms with Crippen molar-refractivity contribution < 1.29 is 0 Å². The lowest BCUT2D eigenvalue weighted by molar-refractivity contribution is 0.0924. The van der Waals surface area contributed by atoms with E-state index in [1.165, 1.54) is 12.0 Å². The molecule has 0 amide bonds. The van der Waals surface area contributed by atoms with Crippen molar-refractivity contribution in [1.82, 2.24) is 15.2 Å². The zero-order valence-electron chi connectivity index (χ0n) is 13.3. The summed E-state index contributed by atoms with van der Waals surface area (Å²) in [5, 5.41) is 3.74. The van der Waals surface area contributed by atoms with Crippen LogP contribution < -0.4 is 5.32 Å². The molecule has 1 aromatic rings. The van der Waals surface area contributed by atoms with Gasteiger partial charge in [-0.3, -0.25) is 9.88 Å². The van der Waals surface area contributed by atoms with Crippen LogP contribution in [0.15, 0.2) is 24.5 Å². The molecule has 1 N–H and O–H groups in total. The molecule has 1 saturated heterocycles. The molecular weight excluding hydrogens is 246 g/mol. The molecule has 2 atom stereocenters. The van der Waals surface area contributed by atoms with Gasteiger partial charge in [-0.1, -0.05) is 27.7 Å². The summed E-state index contributed by atoms with van der Waals surface area (Å²) in [6.45, 7) is 12.6. The van der Waals surface area contributed by atoms with Gasteiger partial charge in [0.05, 0.1) is 0 Å². The molecule has 3 nitrogen and oxygen atoms in total. The summed E-state index contributed by atoms with van der Waals surface area (Å²) >= 11 is 0. The van der Waals surface area contributed by atoms with Crippen molar-refractivity contribution in [2.45, 2.75) is 52.7 Å². The van der Waals surface area contributed by atoms with E-state index in [1.807, 2.05) is 12.4 Å². The molecule has 2 unspecified atom stereocenters. The maximum absolute atomic E-state index is 4.12. The largest absolute Gasteiger partial charge is 0.311 e. The van der Waals surface area contributed by atoms with Crippen LogP contribution in [0.4, 0.5) is 0 Å². The molecule has 0 aliphatic carbocycles. The monoisotopic (exact) mass is 275 g/mol. The topological polar surface area (TPSA) is 28.2 Å². The third kappa shape index (κ3) is 4.29. The molecule has 1 fully saturated rings. The van der Waals surface area contributed by atoms with E-state index in [9.17, 15) is 0 Å². The molecule has 2 rings (SSSR count). The Morgan fingerprint density at radius 2 is 1.95 bits per heavy atom. The highest BCUT2D eigenvalue weighted by atomic mass is 15.2. The minimum atomic E-state index is 0.611. The summed E-state index contributed by atoms with van der Waals surface area (Å²) in [6, 6.07) is 5.54. The zero-order valence-corrected chi connectivity index (χ0v) is 13.3. The zero-order chi connectivity index (χ0) is 14.5. The van der Waals surface area contributed by atoms with Gasteiger partial charge in [0.25, 0.3) is 0 Å². The second-order valence-corrected chi connectivity index (χ2v) is 6.83. The Morgan fingerprint density at radius 3 is 2.55 bits per heavy atom. The lowest BCUT2D eigenvalue weighted by Gasteiger charge is -2.42. The van der Waals surface area contributed by atoms with Crippen LogP contribution in [-0.4, -0.2) is 35.1 Å². The van der Waals surface area contributed by atoms with Crippen LogP contribution in [0, 0.1) is 11.8 Å². The molecule has 1 aliphatic heterocycles. The number of hydrogen-bond acceptors (Lipinski definition) is 3. The van der Waals surface area contributed by atoms with Crippen LogP contribution in [0.25, 0.3) is 0 Å². The van der Waals surface area contributed by atoms with E-state index in [0.717, 1.165) is 25.6 Å². The maximum atomic E-state index is 4.12. The summed E-state index contributed by atoms with van der Waals surface area (Å²) in [6.07, 6.45) is 5.06. The van der Waals surface area contributed by atoms with Crippen molar-refractivity contribution in [1.29, 1.82) is 0 Å². The highest BCUT2D eigenvalue weighted by molar-refractivity contribution is 5.10. The van der Waals surface area contributed by atoms with Gasteiger partial charge in [-0.25, -0.2) is 0 Å². The molecule has 2 heterocycles. The fourth-order valence-electron chi connectivity index (χ4n) is 3.02. The van der Waals surface area contributed by atoms with E-state index < -0.39 is 0 Å². The van der Waals surface area contributed by atoms with Crippen LogP contribution in [0.2, 0.25) is 0 Å². The maximum Gasteiger partial charge on any atom is 0.0271 e. The van der Waals surface area contributed by atoms with E-state index in [1.54, 1.807) is 0 Å². The van der Waals surface area contributed by atoms with Crippen LogP contribution in [0.5, 0.6) is 0 Å². The average Bonchev–Trinajstić information content (AvgIpc) is 2.41. The Hall–Kier alpha value is -0.930. The van der Waals surface area contributed by atoms with Crippen molar-refractivity contribution in [3.63, 3.8) is 0 Å². The second-order valence-electron chi connectivity index (χ2n) is 6.83. The van der Waals surface area contributed by atoms with Crippen LogP contribution in [0.3, 0.4) is 0 Å². The number of hydrogen-bond donors (Lipinski definition) is 1. The standard InChI is InChI=1S/C17H29N3/c1-13(2)9-16-10-19-17(14(3)4)12-20(16)11-15-5-7-18-8-6-15/h5-8,13-14,16-17,19H,9-12H2,1-4H3. The van der Waals surface area contributed by atoms with Crippen LogP contribution in [0.1, 0.15) is 39.7 Å². The smallest absolute Gasteiger partial charge is 0.0271 e. The van der Waals surface area contributed by atoms with Gasteiger partial charge in [-0.05, 0) is 36.0 Å². The van der Waals surface area contributed by atoms with E-state index in [4.69, 9.17) is 0 Å². The number of piperazine rings is 1. The Labute approximate surface area is 123 Å². The molecular formula is C17H29N3. The normalized spacial score (nSPS) is 24.5. The van der Waals surface area contributed by atoms with Crippen molar-refractivity contribution >= 4 is 0 Å². The molecule has 0 saturated carbocycles. The number of nitrogens with zero attached hydrogens (tertiary/aromatic N) is 2. The minimum Gasteiger partial charge on any atom is -0.311 e. The first kappa shape index (κ1) is 15.5. The summed E-state index contributed by atoms with van der Waals surface area (Å²) < 4.78 is 0. The van der Waals surface area contributed by atoms with Gasteiger partial charge in [0, 0.05) is 44.1 Å². The van der Waals surface area contributed by atoms with Gasteiger partial charge in [-0.2, -0.15) is 0 Å². The Morgan fingerprint density at radius 1 is 1.25 bits per heavy atom. The van der Waals surface area contributed by atoms with Crippen LogP contribution >= 0.6 is 0 Å². The van der Waals surface area contributed by atoms with Gasteiger partial charge >= 0.3 is 0 Å². The van der Waals surface area contributed by atoms with Gasteiger partial charge in [0.15, 0.2) is 0 Å². The third-order valence-electron chi connectivity index (χ3n) is 4.25. The van der Waals surface area contributed by atoms with Crippen molar-refractivity contribution in [3.05, 3.63) is 30.1 Å². The molecule has 112 valence electrons. The van der Waals surface area contributed by atoms with E-state index in [-0.39, 0.29) is 0 Å². The summed E-state index contributed by atoms with van der Waals surface area (Å²) in [5.74, 6) is 1.44. The van der Waals surface area contributed by atoms with E-state index in [0.29, 0.717) is 18.0 Å². The number of rotatable bonds is 5. The number of aromatic nitrogens is 1. The molecule has 0 aromatic carbocycles. The van der Waals surface area contributed by atoms with E-state index in [2.05, 4.69) is 55.0 Å². The predicted molar refractivity (Wildman–Crippen MR) is 84.5 cm³/mol. The summed E-state index contributed by atoms with van der Waals surface area (Å²) in [4.78, 5) is 6.78. The van der Waals surface area contributed by atoms with Gasteiger partial charge in [0.2, 0.25) is 0 Å². The quantitative estimate of drug-likeness (QED) is 0.895. The first-order valence-electron chi connectivity index (χ1n) is 7.92. The molecule has 1 aliphatic rings. The van der Waals surface area contributed by atoms with Crippen LogP contribution in [-0.2, 0) is 6.54 Å². The molecule has 0 radical (unpaired) electrons. The molecule has 0 bridgehead atoms. The fraction of sp³-hybridized carbons (Fsp3) is 0.706. The van der Waals surface area contributed by atoms with Crippen molar-refractivity contribution in [2.24, 2.45) is 11.8 Å². The van der Waals surface area contributed by atoms with E-state index >= 15 is 0 Å². The average molecular weight is 275 g/mol. The Balaban J connectivity index is 2.05.